The summed E-state index contributed by atoms with van der Waals surface area (Å²) in [5.41, 5.74) is 1.77. The van der Waals surface area contributed by atoms with Crippen LogP contribution in [-0.4, -0.2) is 27.7 Å². The Morgan fingerprint density at radius 2 is 1.96 bits per heavy atom. The molecule has 4 rings (SSSR count). The number of carbonyl (C=O) groups is 1. The molecule has 1 unspecified atom stereocenters. The van der Waals surface area contributed by atoms with Crippen molar-refractivity contribution in [3.63, 3.8) is 0 Å². The molecule has 7 heteroatoms. The molecule has 2 aromatic heterocycles. The summed E-state index contributed by atoms with van der Waals surface area (Å²) >= 11 is 0. The maximum absolute atomic E-state index is 13.2. The van der Waals surface area contributed by atoms with Crippen LogP contribution in [0.15, 0.2) is 45.4 Å². The van der Waals surface area contributed by atoms with Crippen molar-refractivity contribution in [2.45, 2.75) is 45.1 Å². The molecule has 3 aromatic rings. The highest BCUT2D eigenvalue weighted by molar-refractivity contribution is 5.92. The molecule has 1 aliphatic heterocycles. The van der Waals surface area contributed by atoms with E-state index in [2.05, 4.69) is 10.3 Å². The van der Waals surface area contributed by atoms with Gasteiger partial charge in [-0.1, -0.05) is 30.1 Å². The molecule has 1 fully saturated rings. The van der Waals surface area contributed by atoms with Crippen LogP contribution in [0.3, 0.4) is 0 Å². The molecule has 0 N–H and O–H groups in total. The number of hydrogen-bond acceptors (Lipinski definition) is 5. The number of rotatable bonds is 4. The van der Waals surface area contributed by atoms with Crippen molar-refractivity contribution in [2.24, 2.45) is 0 Å². The molecule has 28 heavy (non-hydrogen) atoms. The summed E-state index contributed by atoms with van der Waals surface area (Å²) in [7, 11) is 0. The van der Waals surface area contributed by atoms with Gasteiger partial charge in [0.2, 0.25) is 0 Å². The summed E-state index contributed by atoms with van der Waals surface area (Å²) in [6.45, 7) is 2.59. The van der Waals surface area contributed by atoms with Crippen molar-refractivity contribution < 1.29 is 18.2 Å². The monoisotopic (exact) mass is 383 g/mol. The number of aromatic nitrogens is 2. The lowest BCUT2D eigenvalue weighted by atomic mass is 10.0. The Morgan fingerprint density at radius 1 is 1.14 bits per heavy atom. The van der Waals surface area contributed by atoms with Crippen LogP contribution in [0.25, 0.3) is 11.3 Å². The predicted octanol–water partition coefficient (Wildman–Crippen LogP) is 4.79. The fraction of sp³-hybridized carbons (Fsp3) is 0.381. The van der Waals surface area contributed by atoms with Crippen molar-refractivity contribution in [1.82, 2.24) is 15.2 Å². The molecule has 1 atom stereocenters. The summed E-state index contributed by atoms with van der Waals surface area (Å²) in [6, 6.07) is 9.42. The van der Waals surface area contributed by atoms with Crippen molar-refractivity contribution in [3.8, 4) is 11.3 Å². The first-order valence-corrected chi connectivity index (χ1v) is 9.65. The zero-order valence-electron chi connectivity index (χ0n) is 15.7. The van der Waals surface area contributed by atoms with Gasteiger partial charge in [0.15, 0.2) is 11.5 Å². The second-order valence-electron chi connectivity index (χ2n) is 7.02. The van der Waals surface area contributed by atoms with Crippen molar-refractivity contribution in [1.29, 1.82) is 0 Å². The van der Waals surface area contributed by atoms with E-state index in [9.17, 15) is 9.18 Å². The molecule has 6 nitrogen and oxygen atoms in total. The molecule has 1 amide bonds. The van der Waals surface area contributed by atoms with Crippen molar-refractivity contribution in [3.05, 3.63) is 59.4 Å². The lowest BCUT2D eigenvalue weighted by molar-refractivity contribution is 0.0663. The summed E-state index contributed by atoms with van der Waals surface area (Å²) in [6.07, 6.45) is 4.49. The molecule has 3 heterocycles. The maximum atomic E-state index is 13.2. The van der Waals surface area contributed by atoms with Crippen LogP contribution < -0.4 is 0 Å². The SMILES string of the molecule is CCc1cc(C(=O)N2CCCCCC2c2cc(-c3ccc(F)cc3)on2)no1. The number of amides is 1. The first-order chi connectivity index (χ1) is 13.7. The standard InChI is InChI=1S/C21H22FN3O3/c1-2-16-12-18(24-27-16)21(26)25-11-5-3-4-6-19(25)17-13-20(28-23-17)14-7-9-15(22)10-8-14/h7-10,12-13,19H,2-6,11H2,1H3. The second-order valence-corrected chi connectivity index (χ2v) is 7.02. The Hall–Kier alpha value is -2.96. The van der Waals surface area contributed by atoms with E-state index < -0.39 is 0 Å². The first-order valence-electron chi connectivity index (χ1n) is 9.65. The Balaban J connectivity index is 1.62. The number of benzene rings is 1. The molecule has 0 spiro atoms. The third-order valence-corrected chi connectivity index (χ3v) is 5.14. The third kappa shape index (κ3) is 3.69. The van der Waals surface area contributed by atoms with E-state index in [1.807, 2.05) is 17.9 Å². The van der Waals surface area contributed by atoms with E-state index in [4.69, 9.17) is 9.05 Å². The Labute approximate surface area is 162 Å². The lowest BCUT2D eigenvalue weighted by Gasteiger charge is -2.27. The minimum absolute atomic E-state index is 0.151. The molecule has 1 saturated heterocycles. The van der Waals surface area contributed by atoms with Crippen LogP contribution in [0.5, 0.6) is 0 Å². The van der Waals surface area contributed by atoms with Gasteiger partial charge in [-0.15, -0.1) is 0 Å². The van der Waals surface area contributed by atoms with Crippen LogP contribution >= 0.6 is 0 Å². The van der Waals surface area contributed by atoms with Gasteiger partial charge < -0.3 is 13.9 Å². The lowest BCUT2D eigenvalue weighted by Crippen LogP contribution is -2.35. The molecular formula is C21H22FN3O3. The van der Waals surface area contributed by atoms with Crippen molar-refractivity contribution >= 4 is 5.91 Å². The smallest absolute Gasteiger partial charge is 0.276 e. The Kier molecular flexibility index (Phi) is 5.23. The second kappa shape index (κ2) is 7.96. The molecule has 1 aromatic carbocycles. The number of aryl methyl sites for hydroxylation is 1. The topological polar surface area (TPSA) is 72.4 Å². The van der Waals surface area contributed by atoms with Crippen LogP contribution in [0.1, 0.15) is 60.6 Å². The van der Waals surface area contributed by atoms with Gasteiger partial charge in [-0.3, -0.25) is 4.79 Å². The molecule has 0 aliphatic carbocycles. The molecule has 1 aliphatic rings. The van der Waals surface area contributed by atoms with Crippen molar-refractivity contribution in [2.75, 3.05) is 6.54 Å². The van der Waals surface area contributed by atoms with E-state index >= 15 is 0 Å². The molecule has 0 radical (unpaired) electrons. The molecule has 0 bridgehead atoms. The van der Waals surface area contributed by atoms with Crippen LogP contribution in [0, 0.1) is 5.82 Å². The molecule has 146 valence electrons. The van der Waals surface area contributed by atoms with Gasteiger partial charge in [0.1, 0.15) is 17.3 Å². The highest BCUT2D eigenvalue weighted by Crippen LogP contribution is 2.33. The van der Waals surface area contributed by atoms with E-state index in [0.29, 0.717) is 35.9 Å². The van der Waals surface area contributed by atoms with Crippen LogP contribution in [0.4, 0.5) is 4.39 Å². The fourth-order valence-corrected chi connectivity index (χ4v) is 3.58. The minimum atomic E-state index is -0.303. The third-order valence-electron chi connectivity index (χ3n) is 5.14. The number of likely N-dealkylation sites (tertiary alicyclic amines) is 1. The largest absolute Gasteiger partial charge is 0.361 e. The molecule has 0 saturated carbocycles. The minimum Gasteiger partial charge on any atom is -0.361 e. The average Bonchev–Trinajstić information content (AvgIpc) is 3.33. The number of halogens is 1. The van der Waals surface area contributed by atoms with E-state index in [1.165, 1.54) is 12.1 Å². The zero-order valence-corrected chi connectivity index (χ0v) is 15.7. The van der Waals surface area contributed by atoms with Gasteiger partial charge in [0.05, 0.1) is 6.04 Å². The van der Waals surface area contributed by atoms with Gasteiger partial charge >= 0.3 is 0 Å². The predicted molar refractivity (Wildman–Crippen MR) is 100 cm³/mol. The number of nitrogens with zero attached hydrogens (tertiary/aromatic N) is 3. The summed E-state index contributed by atoms with van der Waals surface area (Å²) in [5.74, 6) is 0.792. The zero-order chi connectivity index (χ0) is 19.5. The summed E-state index contributed by atoms with van der Waals surface area (Å²) in [5, 5.41) is 8.16. The van der Waals surface area contributed by atoms with Crippen LogP contribution in [-0.2, 0) is 6.42 Å². The normalized spacial score (nSPS) is 17.5. The van der Waals surface area contributed by atoms with E-state index in [-0.39, 0.29) is 17.8 Å². The Bertz CT molecular complexity index is 948. The number of hydrogen-bond donors (Lipinski definition) is 0. The Morgan fingerprint density at radius 3 is 2.71 bits per heavy atom. The van der Waals surface area contributed by atoms with Gasteiger partial charge in [-0.05, 0) is 37.1 Å². The van der Waals surface area contributed by atoms with Gasteiger partial charge in [-0.25, -0.2) is 4.39 Å². The van der Waals surface area contributed by atoms with Gasteiger partial charge in [0.25, 0.3) is 5.91 Å². The number of carbonyl (C=O) groups excluding carboxylic acids is 1. The van der Waals surface area contributed by atoms with Crippen LogP contribution in [0.2, 0.25) is 0 Å². The summed E-state index contributed by atoms with van der Waals surface area (Å²) in [4.78, 5) is 14.9. The summed E-state index contributed by atoms with van der Waals surface area (Å²) < 4.78 is 23.9. The fourth-order valence-electron chi connectivity index (χ4n) is 3.58. The highest BCUT2D eigenvalue weighted by atomic mass is 19.1. The van der Waals surface area contributed by atoms with Gasteiger partial charge in [0, 0.05) is 30.7 Å². The molecular weight excluding hydrogens is 361 g/mol. The highest BCUT2D eigenvalue weighted by Gasteiger charge is 2.31. The van der Waals surface area contributed by atoms with Gasteiger partial charge in [-0.2, -0.15) is 0 Å². The van der Waals surface area contributed by atoms with E-state index in [0.717, 1.165) is 31.2 Å². The maximum Gasteiger partial charge on any atom is 0.276 e. The first kappa shape index (κ1) is 18.4. The van der Waals surface area contributed by atoms with E-state index in [1.54, 1.807) is 18.2 Å². The quantitative estimate of drug-likeness (QED) is 0.648. The average molecular weight is 383 g/mol.